The lowest BCUT2D eigenvalue weighted by Crippen LogP contribution is -2.36. The zero-order valence-electron chi connectivity index (χ0n) is 18.7. The van der Waals surface area contributed by atoms with E-state index >= 15 is 0 Å². The fraction of sp³-hybridized carbons (Fsp3) is 0.435. The molecule has 0 unspecified atom stereocenters. The molecule has 0 aliphatic carbocycles. The molecule has 0 radical (unpaired) electrons. The van der Waals surface area contributed by atoms with Crippen LogP contribution in [0, 0.1) is 11.6 Å². The Morgan fingerprint density at radius 1 is 1.00 bits per heavy atom. The number of halogens is 2. The van der Waals surface area contributed by atoms with Crippen LogP contribution in [0.25, 0.3) is 0 Å². The molecule has 0 aromatic heterocycles. The fourth-order valence-electron chi connectivity index (χ4n) is 3.03. The van der Waals surface area contributed by atoms with Crippen molar-refractivity contribution in [2.75, 3.05) is 40.4 Å². The summed E-state index contributed by atoms with van der Waals surface area (Å²) in [6.45, 7) is 8.27. The van der Waals surface area contributed by atoms with Crippen LogP contribution in [0.5, 0.6) is 11.5 Å². The first kappa shape index (κ1) is 24.4. The van der Waals surface area contributed by atoms with Crippen molar-refractivity contribution in [3.05, 3.63) is 59.2 Å². The van der Waals surface area contributed by atoms with Crippen molar-refractivity contribution in [2.45, 2.75) is 26.9 Å². The molecule has 0 bridgehead atoms. The van der Waals surface area contributed by atoms with Gasteiger partial charge in [0, 0.05) is 32.2 Å². The Kier molecular flexibility index (Phi) is 10.0. The summed E-state index contributed by atoms with van der Waals surface area (Å²) in [5, 5.41) is 6.14. The van der Waals surface area contributed by atoms with Crippen LogP contribution in [0.1, 0.15) is 25.0 Å². The first-order valence-corrected chi connectivity index (χ1v) is 10.4. The van der Waals surface area contributed by atoms with Gasteiger partial charge in [-0.15, -0.1) is 0 Å². The van der Waals surface area contributed by atoms with E-state index in [1.807, 2.05) is 18.2 Å². The van der Waals surface area contributed by atoms with Gasteiger partial charge >= 0.3 is 0 Å². The Morgan fingerprint density at radius 3 is 2.42 bits per heavy atom. The average molecular weight is 435 g/mol. The summed E-state index contributed by atoms with van der Waals surface area (Å²) in [6.07, 6.45) is 0. The molecule has 0 aliphatic heterocycles. The number of aliphatic imine (C=N–C) groups is 1. The van der Waals surface area contributed by atoms with Gasteiger partial charge in [0.05, 0.1) is 7.11 Å². The van der Waals surface area contributed by atoms with Crippen molar-refractivity contribution in [1.82, 2.24) is 15.5 Å². The predicted molar refractivity (Wildman–Crippen MR) is 120 cm³/mol. The smallest absolute Gasteiger partial charge is 0.191 e. The second kappa shape index (κ2) is 12.7. The van der Waals surface area contributed by atoms with Crippen LogP contribution >= 0.6 is 0 Å². The Balaban J connectivity index is 1.90. The molecule has 0 aliphatic rings. The molecular weight excluding hydrogens is 402 g/mol. The molecule has 2 aromatic rings. The van der Waals surface area contributed by atoms with E-state index in [0.29, 0.717) is 30.6 Å². The van der Waals surface area contributed by atoms with Gasteiger partial charge in [-0.1, -0.05) is 19.9 Å². The van der Waals surface area contributed by atoms with Crippen LogP contribution in [-0.2, 0) is 13.1 Å². The highest BCUT2D eigenvalue weighted by molar-refractivity contribution is 5.79. The maximum atomic E-state index is 13.8. The van der Waals surface area contributed by atoms with Gasteiger partial charge in [0.15, 0.2) is 17.5 Å². The summed E-state index contributed by atoms with van der Waals surface area (Å²) >= 11 is 0. The highest BCUT2D eigenvalue weighted by atomic mass is 19.1. The van der Waals surface area contributed by atoms with Crippen LogP contribution < -0.4 is 20.1 Å². The van der Waals surface area contributed by atoms with Gasteiger partial charge in [0.1, 0.15) is 18.2 Å². The Labute approximate surface area is 183 Å². The monoisotopic (exact) mass is 434 g/mol. The van der Waals surface area contributed by atoms with E-state index < -0.39 is 11.6 Å². The van der Waals surface area contributed by atoms with E-state index in [0.717, 1.165) is 37.3 Å². The molecule has 2 N–H and O–H groups in total. The molecule has 0 heterocycles. The lowest BCUT2D eigenvalue weighted by molar-refractivity contribution is 0.217. The summed E-state index contributed by atoms with van der Waals surface area (Å²) < 4.78 is 38.4. The van der Waals surface area contributed by atoms with Crippen LogP contribution in [0.15, 0.2) is 41.4 Å². The van der Waals surface area contributed by atoms with Gasteiger partial charge in [0.2, 0.25) is 0 Å². The number of nitrogens with zero attached hydrogens (tertiary/aromatic N) is 2. The van der Waals surface area contributed by atoms with Gasteiger partial charge in [-0.05, 0) is 49.0 Å². The van der Waals surface area contributed by atoms with Crippen LogP contribution in [-0.4, -0.2) is 51.3 Å². The number of hydrogen-bond acceptors (Lipinski definition) is 4. The predicted octanol–water partition coefficient (Wildman–Crippen LogP) is 3.56. The number of rotatable bonds is 11. The van der Waals surface area contributed by atoms with E-state index in [1.165, 1.54) is 6.07 Å². The first-order chi connectivity index (χ1) is 15.0. The largest absolute Gasteiger partial charge is 0.493 e. The standard InChI is InChI=1S/C23H32F2N4O2/c1-5-29(6-2)11-12-31-21-10-7-17(13-22(21)30-4)15-27-23(26-3)28-16-18-14-19(24)8-9-20(18)25/h7-10,13-14H,5-6,11-12,15-16H2,1-4H3,(H2,26,27,28). The second-order valence-electron chi connectivity index (χ2n) is 6.88. The molecule has 0 amide bonds. The Hall–Kier alpha value is -2.87. The lowest BCUT2D eigenvalue weighted by Gasteiger charge is -2.19. The number of hydrogen-bond donors (Lipinski definition) is 2. The Morgan fingerprint density at radius 2 is 1.74 bits per heavy atom. The van der Waals surface area contributed by atoms with Gasteiger partial charge < -0.3 is 25.0 Å². The Bertz CT molecular complexity index is 857. The van der Waals surface area contributed by atoms with Crippen LogP contribution in [0.2, 0.25) is 0 Å². The summed E-state index contributed by atoms with van der Waals surface area (Å²) in [5.41, 5.74) is 1.20. The molecular formula is C23H32F2N4O2. The molecule has 6 nitrogen and oxygen atoms in total. The third-order valence-corrected chi connectivity index (χ3v) is 4.93. The number of guanidine groups is 1. The van der Waals surface area contributed by atoms with Crippen LogP contribution in [0.3, 0.4) is 0 Å². The first-order valence-electron chi connectivity index (χ1n) is 10.4. The van der Waals surface area contributed by atoms with Crippen LogP contribution in [0.4, 0.5) is 8.78 Å². The molecule has 8 heteroatoms. The molecule has 31 heavy (non-hydrogen) atoms. The molecule has 0 atom stereocenters. The number of benzene rings is 2. The minimum Gasteiger partial charge on any atom is -0.493 e. The minimum absolute atomic E-state index is 0.117. The van der Waals surface area contributed by atoms with E-state index in [1.54, 1.807) is 14.2 Å². The maximum Gasteiger partial charge on any atom is 0.191 e. The van der Waals surface area contributed by atoms with E-state index in [4.69, 9.17) is 9.47 Å². The quantitative estimate of drug-likeness (QED) is 0.418. The minimum atomic E-state index is -0.479. The summed E-state index contributed by atoms with van der Waals surface area (Å²) in [7, 11) is 3.22. The van der Waals surface area contributed by atoms with Gasteiger partial charge in [0.25, 0.3) is 0 Å². The third kappa shape index (κ3) is 7.71. The highest BCUT2D eigenvalue weighted by Crippen LogP contribution is 2.28. The zero-order valence-corrected chi connectivity index (χ0v) is 18.7. The number of ether oxygens (including phenoxy) is 2. The fourth-order valence-corrected chi connectivity index (χ4v) is 3.03. The van der Waals surface area contributed by atoms with Crippen molar-refractivity contribution in [3.63, 3.8) is 0 Å². The zero-order chi connectivity index (χ0) is 22.6. The van der Waals surface area contributed by atoms with Crippen molar-refractivity contribution in [1.29, 1.82) is 0 Å². The van der Waals surface area contributed by atoms with Crippen molar-refractivity contribution >= 4 is 5.96 Å². The lowest BCUT2D eigenvalue weighted by atomic mass is 10.2. The normalized spacial score (nSPS) is 11.5. The molecule has 0 saturated carbocycles. The highest BCUT2D eigenvalue weighted by Gasteiger charge is 2.09. The van der Waals surface area contributed by atoms with Gasteiger partial charge in [-0.2, -0.15) is 0 Å². The number of nitrogens with one attached hydrogen (secondary N) is 2. The van der Waals surface area contributed by atoms with E-state index in [-0.39, 0.29) is 12.1 Å². The van der Waals surface area contributed by atoms with Crippen molar-refractivity contribution in [2.24, 2.45) is 4.99 Å². The number of likely N-dealkylation sites (N-methyl/N-ethyl adjacent to an activating group) is 1. The van der Waals surface area contributed by atoms with Crippen molar-refractivity contribution < 1.29 is 18.3 Å². The van der Waals surface area contributed by atoms with E-state index in [2.05, 4.69) is 34.4 Å². The second-order valence-corrected chi connectivity index (χ2v) is 6.88. The summed E-state index contributed by atoms with van der Waals surface area (Å²) in [5.74, 6) is 0.881. The molecule has 2 aromatic carbocycles. The third-order valence-electron chi connectivity index (χ3n) is 4.93. The summed E-state index contributed by atoms with van der Waals surface area (Å²) in [4.78, 5) is 6.41. The van der Waals surface area contributed by atoms with E-state index in [9.17, 15) is 8.78 Å². The summed E-state index contributed by atoms with van der Waals surface area (Å²) in [6, 6.07) is 9.10. The topological polar surface area (TPSA) is 58.1 Å². The number of methoxy groups -OCH3 is 1. The average Bonchev–Trinajstić information content (AvgIpc) is 2.79. The molecule has 0 spiro atoms. The van der Waals surface area contributed by atoms with Crippen molar-refractivity contribution in [3.8, 4) is 11.5 Å². The molecule has 2 rings (SSSR count). The molecule has 170 valence electrons. The SMILES string of the molecule is CCN(CC)CCOc1ccc(CNC(=NC)NCc2cc(F)ccc2F)cc1OC. The molecule has 0 saturated heterocycles. The molecule has 0 fully saturated rings. The van der Waals surface area contributed by atoms with Gasteiger partial charge in [-0.3, -0.25) is 4.99 Å². The maximum absolute atomic E-state index is 13.8. The van der Waals surface area contributed by atoms with Gasteiger partial charge in [-0.25, -0.2) is 8.78 Å².